The van der Waals surface area contributed by atoms with Gasteiger partial charge in [-0.3, -0.25) is 0 Å². The maximum atomic E-state index is 12.1. The normalized spacial score (nSPS) is 12.6. The standard InChI is InChI=1S/C12H9Cl9O8Si/c1-2-6(22)26-4-3-5-30(27-7(23)10(13,14)15,28-8(24)11(16,17)18)29-9(25)12(19,20)21/h2H,1,3-5H2. The fraction of sp³-hybridized carbons (Fsp3) is 0.500. The van der Waals surface area contributed by atoms with Gasteiger partial charge in [0, 0.05) is 6.08 Å². The monoisotopic (exact) mass is 624 g/mol. The molecule has 0 spiro atoms. The van der Waals surface area contributed by atoms with E-state index in [0.29, 0.717) is 0 Å². The van der Waals surface area contributed by atoms with Gasteiger partial charge in [0.1, 0.15) is 0 Å². The lowest BCUT2D eigenvalue weighted by Gasteiger charge is -2.30. The van der Waals surface area contributed by atoms with Gasteiger partial charge in [0.05, 0.1) is 12.7 Å². The minimum absolute atomic E-state index is 0.237. The molecule has 8 nitrogen and oxygen atoms in total. The van der Waals surface area contributed by atoms with Gasteiger partial charge in [0.2, 0.25) is 0 Å². The number of hydrogen-bond acceptors (Lipinski definition) is 8. The SMILES string of the molecule is C=CC(=O)OCCC[Si](OC(=O)C(Cl)(Cl)Cl)(OC(=O)C(Cl)(Cl)Cl)OC(=O)C(Cl)(Cl)Cl. The number of carbonyl (C=O) groups is 4. The Balaban J connectivity index is 5.99. The Bertz CT molecular complexity index is 613. The van der Waals surface area contributed by atoms with Crippen LogP contribution in [0, 0.1) is 0 Å². The van der Waals surface area contributed by atoms with Gasteiger partial charge in [-0.15, -0.1) is 0 Å². The molecule has 0 heterocycles. The predicted molar refractivity (Wildman–Crippen MR) is 115 cm³/mol. The Labute approximate surface area is 216 Å². The van der Waals surface area contributed by atoms with E-state index in [9.17, 15) is 19.2 Å². The molecule has 0 aromatic heterocycles. The molecule has 30 heavy (non-hydrogen) atoms. The Morgan fingerprint density at radius 2 is 1.07 bits per heavy atom. The van der Waals surface area contributed by atoms with Crippen LogP contribution < -0.4 is 0 Å². The predicted octanol–water partition coefficient (Wildman–Crippen LogP) is 4.78. The van der Waals surface area contributed by atoms with Crippen molar-refractivity contribution in [2.24, 2.45) is 0 Å². The van der Waals surface area contributed by atoms with Crippen LogP contribution in [-0.4, -0.2) is 50.7 Å². The molecule has 0 aliphatic rings. The molecule has 0 aliphatic carbocycles. The Morgan fingerprint density at radius 3 is 1.33 bits per heavy atom. The van der Waals surface area contributed by atoms with Crippen LogP contribution in [0.3, 0.4) is 0 Å². The van der Waals surface area contributed by atoms with Crippen molar-refractivity contribution in [3.05, 3.63) is 12.7 Å². The lowest BCUT2D eigenvalue weighted by Crippen LogP contribution is -2.54. The number of esters is 1. The Hall–Kier alpha value is 0.447. The van der Waals surface area contributed by atoms with Crippen molar-refractivity contribution < 1.29 is 37.2 Å². The van der Waals surface area contributed by atoms with Crippen LogP contribution in [0.25, 0.3) is 0 Å². The average molecular weight is 628 g/mol. The van der Waals surface area contributed by atoms with E-state index in [2.05, 4.69) is 6.58 Å². The van der Waals surface area contributed by atoms with Crippen LogP contribution in [0.1, 0.15) is 6.42 Å². The fourth-order valence-corrected chi connectivity index (χ4v) is 4.58. The summed E-state index contributed by atoms with van der Waals surface area (Å²) in [6.45, 7) is 2.84. The number of carbonyl (C=O) groups excluding carboxylic acids is 4. The number of alkyl halides is 9. The molecule has 172 valence electrons. The molecular formula is C12H9Cl9O8Si. The maximum Gasteiger partial charge on any atom is 0.705 e. The molecule has 0 fully saturated rings. The summed E-state index contributed by atoms with van der Waals surface area (Å²) in [7, 11) is -4.92. The highest BCUT2D eigenvalue weighted by atomic mass is 35.6. The Kier molecular flexibility index (Phi) is 12.2. The van der Waals surface area contributed by atoms with E-state index in [-0.39, 0.29) is 13.0 Å². The molecule has 0 aromatic rings. The van der Waals surface area contributed by atoms with Crippen LogP contribution in [0.5, 0.6) is 0 Å². The minimum atomic E-state index is -4.92. The van der Waals surface area contributed by atoms with Crippen molar-refractivity contribution in [1.29, 1.82) is 0 Å². The molecule has 0 radical (unpaired) electrons. The third kappa shape index (κ3) is 11.4. The smallest absolute Gasteiger partial charge is 0.463 e. The topological polar surface area (TPSA) is 105 Å². The zero-order chi connectivity index (χ0) is 24.0. The second kappa shape index (κ2) is 12.1. The molecule has 0 aromatic carbocycles. The van der Waals surface area contributed by atoms with Crippen LogP contribution in [0.4, 0.5) is 0 Å². The number of hydrogen-bond donors (Lipinski definition) is 0. The number of halogens is 9. The molecule has 0 atom stereocenters. The Morgan fingerprint density at radius 1 is 0.733 bits per heavy atom. The highest BCUT2D eigenvalue weighted by Gasteiger charge is 2.59. The summed E-state index contributed by atoms with van der Waals surface area (Å²) in [6, 6.07) is -0.608. The summed E-state index contributed by atoms with van der Waals surface area (Å²) in [5.41, 5.74) is 0. The molecule has 0 amide bonds. The summed E-state index contributed by atoms with van der Waals surface area (Å²) in [5.74, 6) is -5.69. The van der Waals surface area contributed by atoms with E-state index in [1.165, 1.54) is 0 Å². The zero-order valence-electron chi connectivity index (χ0n) is 14.1. The van der Waals surface area contributed by atoms with E-state index in [0.717, 1.165) is 6.08 Å². The summed E-state index contributed by atoms with van der Waals surface area (Å²) >= 11 is 48.8. The van der Waals surface area contributed by atoms with E-state index in [4.69, 9.17) is 122 Å². The minimum Gasteiger partial charge on any atom is -0.463 e. The molecule has 0 bridgehead atoms. The zero-order valence-corrected chi connectivity index (χ0v) is 21.9. The summed E-state index contributed by atoms with van der Waals surface area (Å²) in [4.78, 5) is 47.3. The van der Waals surface area contributed by atoms with E-state index >= 15 is 0 Å². The molecule has 0 N–H and O–H groups in total. The van der Waals surface area contributed by atoms with Gasteiger partial charge >= 0.3 is 32.7 Å². The summed E-state index contributed by atoms with van der Waals surface area (Å²) < 4.78 is 11.2. The third-order valence-electron chi connectivity index (χ3n) is 2.48. The quantitative estimate of drug-likeness (QED) is 0.124. The van der Waals surface area contributed by atoms with Gasteiger partial charge in [-0.05, 0) is 6.42 Å². The molecule has 0 saturated heterocycles. The van der Waals surface area contributed by atoms with Crippen LogP contribution >= 0.6 is 104 Å². The van der Waals surface area contributed by atoms with Gasteiger partial charge in [-0.2, -0.15) is 0 Å². The van der Waals surface area contributed by atoms with E-state index in [1.54, 1.807) is 0 Å². The summed E-state index contributed by atoms with van der Waals surface area (Å²) in [6.07, 6.45) is 0.624. The van der Waals surface area contributed by atoms with Crippen molar-refractivity contribution >= 4 is 137 Å². The van der Waals surface area contributed by atoms with Gasteiger partial charge in [-0.25, -0.2) is 19.2 Å². The van der Waals surface area contributed by atoms with Crippen molar-refractivity contribution in [3.8, 4) is 0 Å². The first-order chi connectivity index (χ1) is 13.3. The summed E-state index contributed by atoms with van der Waals surface area (Å²) in [5, 5.41) is 0. The molecule has 0 unspecified atom stereocenters. The van der Waals surface area contributed by atoms with E-state index < -0.39 is 50.1 Å². The first-order valence-electron chi connectivity index (χ1n) is 7.04. The highest BCUT2D eigenvalue weighted by Crippen LogP contribution is 2.36. The van der Waals surface area contributed by atoms with Gasteiger partial charge in [0.15, 0.2) is 0 Å². The fourth-order valence-electron chi connectivity index (χ4n) is 1.33. The molecule has 0 aliphatic heterocycles. The van der Waals surface area contributed by atoms with Crippen molar-refractivity contribution in [2.75, 3.05) is 6.61 Å². The van der Waals surface area contributed by atoms with Crippen LogP contribution in [0.15, 0.2) is 12.7 Å². The maximum absolute atomic E-state index is 12.1. The van der Waals surface area contributed by atoms with Crippen molar-refractivity contribution in [2.45, 2.75) is 23.8 Å². The van der Waals surface area contributed by atoms with Gasteiger partial charge in [0.25, 0.3) is 11.4 Å². The van der Waals surface area contributed by atoms with Gasteiger partial charge < -0.3 is 18.0 Å². The second-order valence-corrected chi connectivity index (χ2v) is 14.1. The number of ether oxygens (including phenoxy) is 1. The first kappa shape index (κ1) is 30.4. The van der Waals surface area contributed by atoms with Crippen LogP contribution in [-0.2, 0) is 37.2 Å². The largest absolute Gasteiger partial charge is 0.705 e. The molecule has 0 rings (SSSR count). The number of rotatable bonds is 8. The van der Waals surface area contributed by atoms with Crippen molar-refractivity contribution in [1.82, 2.24) is 0 Å². The molecular weight excluding hydrogens is 619 g/mol. The second-order valence-electron chi connectivity index (χ2n) is 4.82. The van der Waals surface area contributed by atoms with Crippen molar-refractivity contribution in [3.63, 3.8) is 0 Å². The van der Waals surface area contributed by atoms with E-state index in [1.807, 2.05) is 0 Å². The molecule has 0 saturated carbocycles. The average Bonchev–Trinajstić information content (AvgIpc) is 2.55. The first-order valence-corrected chi connectivity index (χ1v) is 12.4. The lowest BCUT2D eigenvalue weighted by atomic mass is 10.5. The molecule has 18 heteroatoms. The highest BCUT2D eigenvalue weighted by molar-refractivity contribution is 6.81. The van der Waals surface area contributed by atoms with Crippen LogP contribution in [0.2, 0.25) is 6.04 Å². The third-order valence-corrected chi connectivity index (χ3v) is 6.32. The van der Waals surface area contributed by atoms with Gasteiger partial charge in [-0.1, -0.05) is 111 Å². The lowest BCUT2D eigenvalue weighted by molar-refractivity contribution is -0.150.